The van der Waals surface area contributed by atoms with Crippen LogP contribution in [0.2, 0.25) is 0 Å². The predicted molar refractivity (Wildman–Crippen MR) is 88.0 cm³/mol. The van der Waals surface area contributed by atoms with Crippen LogP contribution in [0.25, 0.3) is 0 Å². The molecule has 0 amide bonds. The molecule has 1 rings (SSSR count). The number of aryl methyl sites for hydroxylation is 1. The van der Waals surface area contributed by atoms with Crippen molar-refractivity contribution in [3.63, 3.8) is 0 Å². The summed E-state index contributed by atoms with van der Waals surface area (Å²) >= 11 is 0. The molecule has 128 valence electrons. The van der Waals surface area contributed by atoms with Gasteiger partial charge in [0.25, 0.3) is 0 Å². The molecule has 23 heavy (non-hydrogen) atoms. The first-order valence-corrected chi connectivity index (χ1v) is 7.99. The fraction of sp³-hybridized carbons (Fsp3) is 0.556. The van der Waals surface area contributed by atoms with E-state index < -0.39 is 11.9 Å². The number of esters is 2. The van der Waals surface area contributed by atoms with Crippen LogP contribution in [0.5, 0.6) is 5.75 Å². The van der Waals surface area contributed by atoms with Gasteiger partial charge in [0.2, 0.25) is 0 Å². The molecule has 0 saturated heterocycles. The van der Waals surface area contributed by atoms with Crippen molar-refractivity contribution in [1.82, 2.24) is 0 Å². The third-order valence-electron chi connectivity index (χ3n) is 3.98. The molecular weight excluding hydrogens is 296 g/mol. The minimum absolute atomic E-state index is 0.0407. The Hall–Kier alpha value is -2.04. The molecule has 0 unspecified atom stereocenters. The van der Waals surface area contributed by atoms with E-state index in [9.17, 15) is 14.7 Å². The maximum atomic E-state index is 12.0. The fourth-order valence-electron chi connectivity index (χ4n) is 2.61. The first kappa shape index (κ1) is 19.0. The number of methoxy groups -OCH3 is 2. The average Bonchev–Trinajstić information content (AvgIpc) is 2.55. The van der Waals surface area contributed by atoms with Crippen molar-refractivity contribution in [1.29, 1.82) is 0 Å². The first-order chi connectivity index (χ1) is 11.0. The second kappa shape index (κ2) is 9.18. The van der Waals surface area contributed by atoms with E-state index in [0.29, 0.717) is 17.5 Å². The Kier molecular flexibility index (Phi) is 7.59. The van der Waals surface area contributed by atoms with Crippen LogP contribution in [0.3, 0.4) is 0 Å². The van der Waals surface area contributed by atoms with Crippen LogP contribution in [0, 0.1) is 6.92 Å². The highest BCUT2D eigenvalue weighted by Crippen LogP contribution is 2.31. The summed E-state index contributed by atoms with van der Waals surface area (Å²) < 4.78 is 9.49. The highest BCUT2D eigenvalue weighted by molar-refractivity contribution is 6.00. The summed E-state index contributed by atoms with van der Waals surface area (Å²) in [6, 6.07) is 1.61. The minimum atomic E-state index is -0.655. The number of carbonyl (C=O) groups excluding carboxylic acids is 2. The fourth-order valence-corrected chi connectivity index (χ4v) is 2.61. The van der Waals surface area contributed by atoms with E-state index in [0.717, 1.165) is 25.7 Å². The Morgan fingerprint density at radius 3 is 2.22 bits per heavy atom. The van der Waals surface area contributed by atoms with Crippen LogP contribution in [0.15, 0.2) is 6.07 Å². The molecule has 5 heteroatoms. The molecule has 0 aromatic heterocycles. The molecule has 0 saturated carbocycles. The molecular formula is C18H26O5. The molecule has 1 N–H and O–H groups in total. The van der Waals surface area contributed by atoms with Gasteiger partial charge in [-0.15, -0.1) is 0 Å². The lowest BCUT2D eigenvalue weighted by molar-refractivity contribution is 0.0595. The number of hydrogen-bond acceptors (Lipinski definition) is 5. The highest BCUT2D eigenvalue weighted by atomic mass is 16.5. The zero-order valence-electron chi connectivity index (χ0n) is 14.4. The molecule has 0 heterocycles. The quantitative estimate of drug-likeness (QED) is 0.582. The third-order valence-corrected chi connectivity index (χ3v) is 3.98. The molecule has 1 aromatic carbocycles. The molecule has 0 spiro atoms. The Bertz CT molecular complexity index is 563. The van der Waals surface area contributed by atoms with Gasteiger partial charge in [0.15, 0.2) is 0 Å². The number of carbonyl (C=O) groups is 2. The van der Waals surface area contributed by atoms with E-state index in [1.54, 1.807) is 13.0 Å². The molecule has 0 aliphatic heterocycles. The van der Waals surface area contributed by atoms with Crippen LogP contribution < -0.4 is 0 Å². The molecule has 0 aliphatic carbocycles. The van der Waals surface area contributed by atoms with Crippen LogP contribution in [0.4, 0.5) is 0 Å². The standard InChI is InChI=1S/C18H26O5/c1-5-6-7-8-9-10-13-11-14(17(20)22-3)12(2)15(16(13)19)18(21)23-4/h11,19H,5-10H2,1-4H3. The maximum absolute atomic E-state index is 12.0. The minimum Gasteiger partial charge on any atom is -0.507 e. The summed E-state index contributed by atoms with van der Waals surface area (Å²) in [4.78, 5) is 23.9. The van der Waals surface area contributed by atoms with Crippen LogP contribution in [0.1, 0.15) is 70.9 Å². The lowest BCUT2D eigenvalue weighted by Crippen LogP contribution is -2.12. The number of rotatable bonds is 8. The number of hydrogen-bond donors (Lipinski definition) is 1. The van der Waals surface area contributed by atoms with Gasteiger partial charge in [-0.1, -0.05) is 32.6 Å². The summed E-state index contributed by atoms with van der Waals surface area (Å²) in [5.41, 5.74) is 1.28. The van der Waals surface area contributed by atoms with E-state index >= 15 is 0 Å². The second-order valence-corrected chi connectivity index (χ2v) is 5.58. The predicted octanol–water partition coefficient (Wildman–Crippen LogP) is 3.79. The Balaban J connectivity index is 3.13. The van der Waals surface area contributed by atoms with Gasteiger partial charge in [-0.2, -0.15) is 0 Å². The van der Waals surface area contributed by atoms with Crippen molar-refractivity contribution in [3.05, 3.63) is 28.3 Å². The Morgan fingerprint density at radius 1 is 1.04 bits per heavy atom. The van der Waals surface area contributed by atoms with Crippen LogP contribution in [-0.2, 0) is 15.9 Å². The van der Waals surface area contributed by atoms with Gasteiger partial charge in [0, 0.05) is 0 Å². The molecule has 0 fully saturated rings. The van der Waals surface area contributed by atoms with Crippen molar-refractivity contribution in [3.8, 4) is 5.75 Å². The van der Waals surface area contributed by atoms with Gasteiger partial charge in [-0.3, -0.25) is 0 Å². The molecule has 0 atom stereocenters. The number of phenolic OH excluding ortho intramolecular Hbond substituents is 1. The van der Waals surface area contributed by atoms with Crippen LogP contribution >= 0.6 is 0 Å². The zero-order chi connectivity index (χ0) is 17.4. The highest BCUT2D eigenvalue weighted by Gasteiger charge is 2.24. The third kappa shape index (κ3) is 4.71. The van der Waals surface area contributed by atoms with Crippen LogP contribution in [-0.4, -0.2) is 31.3 Å². The lowest BCUT2D eigenvalue weighted by Gasteiger charge is -2.15. The first-order valence-electron chi connectivity index (χ1n) is 7.99. The SMILES string of the molecule is CCCCCCCc1cc(C(=O)OC)c(C)c(C(=O)OC)c1O. The molecule has 5 nitrogen and oxygen atoms in total. The van der Waals surface area contributed by atoms with E-state index in [2.05, 4.69) is 6.92 Å². The van der Waals surface area contributed by atoms with Gasteiger partial charge >= 0.3 is 11.9 Å². The number of phenols is 1. The number of aromatic hydroxyl groups is 1. The van der Waals surface area contributed by atoms with E-state index in [1.165, 1.54) is 20.6 Å². The smallest absolute Gasteiger partial charge is 0.341 e. The maximum Gasteiger partial charge on any atom is 0.341 e. The Labute approximate surface area is 137 Å². The largest absolute Gasteiger partial charge is 0.507 e. The summed E-state index contributed by atoms with van der Waals surface area (Å²) in [7, 11) is 2.54. The van der Waals surface area contributed by atoms with Crippen molar-refractivity contribution in [2.75, 3.05) is 14.2 Å². The summed E-state index contributed by atoms with van der Waals surface area (Å²) in [5, 5.41) is 10.4. The monoisotopic (exact) mass is 322 g/mol. The summed E-state index contributed by atoms with van der Waals surface area (Å²) in [6.45, 7) is 3.75. The van der Waals surface area contributed by atoms with Gasteiger partial charge in [0.1, 0.15) is 11.3 Å². The Morgan fingerprint density at radius 2 is 1.65 bits per heavy atom. The summed E-state index contributed by atoms with van der Waals surface area (Å²) in [6.07, 6.45) is 6.01. The zero-order valence-corrected chi connectivity index (χ0v) is 14.4. The average molecular weight is 322 g/mol. The van der Waals surface area contributed by atoms with Crippen molar-refractivity contribution >= 4 is 11.9 Å². The molecule has 0 aliphatic rings. The van der Waals surface area contributed by atoms with E-state index in [1.807, 2.05) is 0 Å². The summed E-state index contributed by atoms with van der Waals surface area (Å²) in [5.74, 6) is -1.28. The van der Waals surface area contributed by atoms with E-state index in [-0.39, 0.29) is 16.9 Å². The number of ether oxygens (including phenoxy) is 2. The van der Waals surface area contributed by atoms with Gasteiger partial charge in [0.05, 0.1) is 19.8 Å². The van der Waals surface area contributed by atoms with Crippen molar-refractivity contribution in [2.45, 2.75) is 52.4 Å². The van der Waals surface area contributed by atoms with Gasteiger partial charge in [-0.25, -0.2) is 9.59 Å². The topological polar surface area (TPSA) is 72.8 Å². The number of benzene rings is 1. The lowest BCUT2D eigenvalue weighted by atomic mass is 9.94. The molecule has 0 radical (unpaired) electrons. The normalized spacial score (nSPS) is 10.4. The van der Waals surface area contributed by atoms with Gasteiger partial charge < -0.3 is 14.6 Å². The van der Waals surface area contributed by atoms with Gasteiger partial charge in [-0.05, 0) is 37.0 Å². The number of unbranched alkanes of at least 4 members (excludes halogenated alkanes) is 4. The molecule has 1 aromatic rings. The van der Waals surface area contributed by atoms with Crippen molar-refractivity contribution in [2.24, 2.45) is 0 Å². The van der Waals surface area contributed by atoms with Crippen molar-refractivity contribution < 1.29 is 24.2 Å². The molecule has 0 bridgehead atoms. The van der Waals surface area contributed by atoms with E-state index in [4.69, 9.17) is 9.47 Å². The second-order valence-electron chi connectivity index (χ2n) is 5.58.